The van der Waals surface area contributed by atoms with Crippen LogP contribution in [0.1, 0.15) is 74.9 Å². The lowest BCUT2D eigenvalue weighted by Gasteiger charge is -2.35. The van der Waals surface area contributed by atoms with Crippen molar-refractivity contribution in [2.24, 2.45) is 0 Å². The predicted molar refractivity (Wildman–Crippen MR) is 167 cm³/mol. The lowest BCUT2D eigenvalue weighted by Crippen LogP contribution is -2.29. The third-order valence-electron chi connectivity index (χ3n) is 7.42. The van der Waals surface area contributed by atoms with Crippen molar-refractivity contribution in [2.45, 2.75) is 57.8 Å². The molecule has 4 aromatic rings. The molecule has 0 saturated heterocycles. The Morgan fingerprint density at radius 2 is 0.829 bits per heavy atom. The van der Waals surface area contributed by atoms with Gasteiger partial charge in [-0.05, 0) is 125 Å². The van der Waals surface area contributed by atoms with Gasteiger partial charge in [-0.2, -0.15) is 0 Å². The van der Waals surface area contributed by atoms with Gasteiger partial charge in [0.15, 0.2) is 0 Å². The van der Waals surface area contributed by atoms with Gasteiger partial charge in [-0.3, -0.25) is 0 Å². The molecule has 0 N–H and O–H groups in total. The van der Waals surface area contributed by atoms with Crippen LogP contribution in [-0.4, -0.2) is 0 Å². The number of fused-ring (bicyclic) bond motifs is 3. The van der Waals surface area contributed by atoms with Crippen LogP contribution in [0.15, 0.2) is 84.9 Å². The maximum atomic E-state index is 2.49. The average Bonchev–Trinajstić information content (AvgIpc) is 3.09. The normalized spacial score (nSPS) is 14.5. The average molecular weight is 682 g/mol. The highest BCUT2D eigenvalue weighted by Crippen LogP contribution is 2.57. The molecule has 0 nitrogen and oxygen atoms in total. The van der Waals surface area contributed by atoms with Crippen molar-refractivity contribution < 1.29 is 0 Å². The molecule has 0 atom stereocenters. The van der Waals surface area contributed by atoms with E-state index in [0.717, 1.165) is 0 Å². The van der Waals surface area contributed by atoms with Crippen molar-refractivity contribution in [3.05, 3.63) is 125 Å². The summed E-state index contributed by atoms with van der Waals surface area (Å²) in [5, 5.41) is 0. The molecular weight excluding hydrogens is 650 g/mol. The fourth-order valence-electron chi connectivity index (χ4n) is 5.45. The van der Waals surface area contributed by atoms with Crippen molar-refractivity contribution in [3.63, 3.8) is 0 Å². The predicted octanol–water partition coefficient (Wildman–Crippen LogP) is 9.85. The molecule has 0 fully saturated rings. The van der Waals surface area contributed by atoms with Gasteiger partial charge in [-0.15, -0.1) is 0 Å². The zero-order valence-electron chi connectivity index (χ0n) is 21.3. The molecule has 0 saturated carbocycles. The second-order valence-electron chi connectivity index (χ2n) is 11.8. The minimum Gasteiger partial charge on any atom is -0.0579 e. The van der Waals surface area contributed by atoms with Gasteiger partial charge >= 0.3 is 0 Å². The molecule has 0 amide bonds. The molecule has 0 aliphatic heterocycles. The van der Waals surface area contributed by atoms with E-state index in [9.17, 15) is 0 Å². The highest BCUT2D eigenvalue weighted by Gasteiger charge is 2.47. The SMILES string of the molecule is CC(C)(C)c1ccc2c(c1)C(c1ccc(I)cc1)(c1ccc(I)cc1)c1cc(C(C)(C)C)ccc1-2. The van der Waals surface area contributed by atoms with Crippen molar-refractivity contribution >= 4 is 45.2 Å². The van der Waals surface area contributed by atoms with Crippen LogP contribution in [0.3, 0.4) is 0 Å². The first-order valence-corrected chi connectivity index (χ1v) is 14.4. The highest BCUT2D eigenvalue weighted by molar-refractivity contribution is 14.1. The highest BCUT2D eigenvalue weighted by atomic mass is 127. The Balaban J connectivity index is 1.96. The molecule has 35 heavy (non-hydrogen) atoms. The molecule has 1 aliphatic rings. The molecule has 0 bridgehead atoms. The van der Waals surface area contributed by atoms with Crippen molar-refractivity contribution in [2.75, 3.05) is 0 Å². The summed E-state index contributed by atoms with van der Waals surface area (Å²) in [6.07, 6.45) is 0. The summed E-state index contributed by atoms with van der Waals surface area (Å²) in [6.45, 7) is 13.9. The number of halogens is 2. The monoisotopic (exact) mass is 682 g/mol. The van der Waals surface area contributed by atoms with Gasteiger partial charge in [-0.1, -0.05) is 102 Å². The smallest absolute Gasteiger partial charge is 0.0579 e. The van der Waals surface area contributed by atoms with E-state index < -0.39 is 0 Å². The summed E-state index contributed by atoms with van der Waals surface area (Å²) in [4.78, 5) is 0. The van der Waals surface area contributed by atoms with E-state index in [1.54, 1.807) is 0 Å². The van der Waals surface area contributed by atoms with Gasteiger partial charge in [0.05, 0.1) is 5.41 Å². The Hall–Kier alpha value is -1.66. The van der Waals surface area contributed by atoms with Crippen molar-refractivity contribution in [1.29, 1.82) is 0 Å². The molecule has 0 aromatic heterocycles. The van der Waals surface area contributed by atoms with Crippen LogP contribution in [0.5, 0.6) is 0 Å². The minimum absolute atomic E-state index is 0.0737. The van der Waals surface area contributed by atoms with E-state index >= 15 is 0 Å². The minimum atomic E-state index is -0.359. The van der Waals surface area contributed by atoms with Crippen molar-refractivity contribution in [1.82, 2.24) is 0 Å². The van der Waals surface area contributed by atoms with E-state index in [1.165, 1.54) is 51.6 Å². The Labute approximate surface area is 237 Å². The topological polar surface area (TPSA) is 0 Å². The molecule has 0 unspecified atom stereocenters. The Kier molecular flexibility index (Phi) is 6.23. The Morgan fingerprint density at radius 1 is 0.486 bits per heavy atom. The largest absolute Gasteiger partial charge is 0.0713 e. The molecule has 0 heterocycles. The van der Waals surface area contributed by atoms with Gasteiger partial charge in [0.25, 0.3) is 0 Å². The first-order valence-electron chi connectivity index (χ1n) is 12.2. The maximum Gasteiger partial charge on any atom is 0.0713 e. The summed E-state index contributed by atoms with van der Waals surface area (Å²) in [6, 6.07) is 32.7. The Morgan fingerprint density at radius 3 is 1.14 bits per heavy atom. The number of hydrogen-bond donors (Lipinski definition) is 0. The van der Waals surface area contributed by atoms with Crippen LogP contribution in [0.25, 0.3) is 11.1 Å². The molecule has 4 aromatic carbocycles. The molecule has 0 radical (unpaired) electrons. The summed E-state index contributed by atoms with van der Waals surface area (Å²) >= 11 is 4.83. The van der Waals surface area contributed by atoms with Gasteiger partial charge in [0.2, 0.25) is 0 Å². The van der Waals surface area contributed by atoms with E-state index in [-0.39, 0.29) is 16.2 Å². The van der Waals surface area contributed by atoms with E-state index in [4.69, 9.17) is 0 Å². The standard InChI is InChI=1S/C33H32I2/c1-31(2,3)23-11-17-27-28-18-12-24(32(4,5)6)20-30(28)33(29(27)19-23,21-7-13-25(34)14-8-21)22-9-15-26(35)16-10-22/h7-20H,1-6H3. The summed E-state index contributed by atoms with van der Waals surface area (Å²) in [5.74, 6) is 0. The van der Waals surface area contributed by atoms with Crippen LogP contribution in [0.2, 0.25) is 0 Å². The van der Waals surface area contributed by atoms with Crippen LogP contribution >= 0.6 is 45.2 Å². The first-order chi connectivity index (χ1) is 16.4. The van der Waals surface area contributed by atoms with Gasteiger partial charge in [-0.25, -0.2) is 0 Å². The fraction of sp³-hybridized carbons (Fsp3) is 0.273. The second kappa shape index (κ2) is 8.72. The maximum absolute atomic E-state index is 2.49. The van der Waals surface area contributed by atoms with Crippen LogP contribution < -0.4 is 0 Å². The molecule has 2 heteroatoms. The molecule has 0 spiro atoms. The summed E-state index contributed by atoms with van der Waals surface area (Å²) in [5.41, 5.74) is 10.7. The van der Waals surface area contributed by atoms with Crippen LogP contribution in [0.4, 0.5) is 0 Å². The van der Waals surface area contributed by atoms with Gasteiger partial charge in [0, 0.05) is 7.14 Å². The molecular formula is C33H32I2. The van der Waals surface area contributed by atoms with Crippen molar-refractivity contribution in [3.8, 4) is 11.1 Å². The van der Waals surface area contributed by atoms with E-state index in [2.05, 4.69) is 172 Å². The number of hydrogen-bond acceptors (Lipinski definition) is 0. The third-order valence-corrected chi connectivity index (χ3v) is 8.86. The zero-order valence-corrected chi connectivity index (χ0v) is 25.7. The molecule has 5 rings (SSSR count). The fourth-order valence-corrected chi connectivity index (χ4v) is 6.16. The summed E-state index contributed by atoms with van der Waals surface area (Å²) < 4.78 is 2.52. The zero-order chi connectivity index (χ0) is 25.2. The van der Waals surface area contributed by atoms with Crippen LogP contribution in [0, 0.1) is 7.14 Å². The van der Waals surface area contributed by atoms with E-state index in [1.807, 2.05) is 0 Å². The lowest BCUT2D eigenvalue weighted by molar-refractivity contribution is 0.586. The van der Waals surface area contributed by atoms with Crippen LogP contribution in [-0.2, 0) is 16.2 Å². The number of rotatable bonds is 2. The quantitative estimate of drug-likeness (QED) is 0.163. The molecule has 178 valence electrons. The van der Waals surface area contributed by atoms with Gasteiger partial charge in [0.1, 0.15) is 0 Å². The summed E-state index contributed by atoms with van der Waals surface area (Å²) in [7, 11) is 0. The second-order valence-corrected chi connectivity index (χ2v) is 14.3. The lowest BCUT2D eigenvalue weighted by atomic mass is 9.66. The van der Waals surface area contributed by atoms with E-state index in [0.29, 0.717) is 0 Å². The molecule has 1 aliphatic carbocycles. The Bertz CT molecular complexity index is 1280. The third kappa shape index (κ3) is 4.19. The first kappa shape index (κ1) is 25.0. The number of benzene rings is 4. The van der Waals surface area contributed by atoms with Gasteiger partial charge < -0.3 is 0 Å².